The Kier molecular flexibility index (Phi) is 2.05. The fourth-order valence-corrected chi connectivity index (χ4v) is 3.16. The summed E-state index contributed by atoms with van der Waals surface area (Å²) in [7, 11) is -1.32. The van der Waals surface area contributed by atoms with Gasteiger partial charge >= 0.3 is 0 Å². The second-order valence-corrected chi connectivity index (χ2v) is 9.41. The van der Waals surface area contributed by atoms with Crippen molar-refractivity contribution < 1.29 is 4.79 Å². The second-order valence-electron chi connectivity index (χ2n) is 4.37. The highest BCUT2D eigenvalue weighted by Gasteiger charge is 2.32. The van der Waals surface area contributed by atoms with E-state index in [9.17, 15) is 4.79 Å². The lowest BCUT2D eigenvalue weighted by Crippen LogP contribution is -2.29. The summed E-state index contributed by atoms with van der Waals surface area (Å²) in [6.45, 7) is 8.71. The summed E-state index contributed by atoms with van der Waals surface area (Å²) in [6.07, 6.45) is 3.12. The molecule has 1 rings (SSSR count). The van der Waals surface area contributed by atoms with Gasteiger partial charge in [0.2, 0.25) is 0 Å². The van der Waals surface area contributed by atoms with Crippen LogP contribution in [0.25, 0.3) is 0 Å². The van der Waals surface area contributed by atoms with Gasteiger partial charge in [-0.15, -0.1) is 0 Å². The maximum absolute atomic E-state index is 11.5. The number of hydrogen-bond donors (Lipinski definition) is 0. The number of Topliss-reactive ketones (excluding diaryl/α,β-unsaturated/α-hetero) is 1. The molecule has 0 fully saturated rings. The van der Waals surface area contributed by atoms with Crippen LogP contribution in [0.5, 0.6) is 0 Å². The molecule has 0 saturated heterocycles. The third kappa shape index (κ3) is 1.61. The molecule has 0 spiro atoms. The Balaban J connectivity index is 2.85. The molecule has 0 radical (unpaired) electrons. The SMILES string of the molecule is CC1CC=C([Si](C)(C)C)C1=O. The molecule has 0 aliphatic heterocycles. The molecule has 1 unspecified atom stereocenters. The highest BCUT2D eigenvalue weighted by atomic mass is 28.3. The van der Waals surface area contributed by atoms with Crippen molar-refractivity contribution in [1.29, 1.82) is 0 Å². The van der Waals surface area contributed by atoms with Crippen molar-refractivity contribution in [1.82, 2.24) is 0 Å². The second kappa shape index (κ2) is 2.59. The van der Waals surface area contributed by atoms with E-state index in [1.54, 1.807) is 0 Å². The zero-order valence-electron chi connectivity index (χ0n) is 7.77. The van der Waals surface area contributed by atoms with Crippen molar-refractivity contribution >= 4 is 13.9 Å². The highest BCUT2D eigenvalue weighted by molar-refractivity contribution is 6.87. The van der Waals surface area contributed by atoms with Crippen molar-refractivity contribution in [3.8, 4) is 0 Å². The lowest BCUT2D eigenvalue weighted by Gasteiger charge is -2.16. The predicted octanol–water partition coefficient (Wildman–Crippen LogP) is 2.40. The molecule has 11 heavy (non-hydrogen) atoms. The van der Waals surface area contributed by atoms with Gasteiger partial charge in [-0.05, 0) is 11.6 Å². The van der Waals surface area contributed by atoms with Gasteiger partial charge in [-0.1, -0.05) is 32.6 Å². The summed E-state index contributed by atoms with van der Waals surface area (Å²) in [4.78, 5) is 11.5. The molecule has 1 aliphatic rings. The molecule has 0 aromatic heterocycles. The maximum atomic E-state index is 11.5. The summed E-state index contributed by atoms with van der Waals surface area (Å²) in [5.41, 5.74) is 0. The van der Waals surface area contributed by atoms with Crippen LogP contribution in [-0.2, 0) is 4.79 Å². The lowest BCUT2D eigenvalue weighted by molar-refractivity contribution is -0.117. The van der Waals surface area contributed by atoms with Crippen LogP contribution >= 0.6 is 0 Å². The van der Waals surface area contributed by atoms with Gasteiger partial charge in [0.05, 0.1) is 8.07 Å². The van der Waals surface area contributed by atoms with Gasteiger partial charge in [0.15, 0.2) is 5.78 Å². The Morgan fingerprint density at radius 3 is 2.18 bits per heavy atom. The summed E-state index contributed by atoms with van der Waals surface area (Å²) >= 11 is 0. The number of carbonyl (C=O) groups is 1. The Morgan fingerprint density at radius 1 is 1.45 bits per heavy atom. The average Bonchev–Trinajstić information content (AvgIpc) is 2.11. The monoisotopic (exact) mass is 168 g/mol. The third-order valence-electron chi connectivity index (χ3n) is 2.20. The first-order valence-corrected chi connectivity index (χ1v) is 7.68. The quantitative estimate of drug-likeness (QED) is 0.549. The molecular weight excluding hydrogens is 152 g/mol. The van der Waals surface area contributed by atoms with E-state index in [1.807, 2.05) is 6.92 Å². The van der Waals surface area contributed by atoms with E-state index in [0.717, 1.165) is 11.6 Å². The van der Waals surface area contributed by atoms with E-state index in [4.69, 9.17) is 0 Å². The average molecular weight is 168 g/mol. The molecule has 2 heteroatoms. The van der Waals surface area contributed by atoms with E-state index < -0.39 is 8.07 Å². The molecule has 0 bridgehead atoms. The van der Waals surface area contributed by atoms with E-state index in [0.29, 0.717) is 5.78 Å². The van der Waals surface area contributed by atoms with Gasteiger partial charge in [-0.3, -0.25) is 4.79 Å². The zero-order chi connectivity index (χ0) is 8.65. The molecule has 62 valence electrons. The Morgan fingerprint density at radius 2 is 2.00 bits per heavy atom. The van der Waals surface area contributed by atoms with Gasteiger partial charge in [0, 0.05) is 5.92 Å². The van der Waals surface area contributed by atoms with Gasteiger partial charge in [0.25, 0.3) is 0 Å². The van der Waals surface area contributed by atoms with Crippen LogP contribution in [-0.4, -0.2) is 13.9 Å². The Labute approximate surface area is 69.5 Å². The zero-order valence-corrected chi connectivity index (χ0v) is 8.77. The largest absolute Gasteiger partial charge is 0.295 e. The first-order valence-electron chi connectivity index (χ1n) is 4.18. The summed E-state index contributed by atoms with van der Waals surface area (Å²) < 4.78 is 0. The highest BCUT2D eigenvalue weighted by Crippen LogP contribution is 2.27. The number of rotatable bonds is 1. The number of allylic oxidation sites excluding steroid dienone is 2. The van der Waals surface area contributed by atoms with Crippen LogP contribution in [0.4, 0.5) is 0 Å². The normalized spacial score (nSPS) is 25.6. The van der Waals surface area contributed by atoms with Gasteiger partial charge in [-0.25, -0.2) is 0 Å². The van der Waals surface area contributed by atoms with E-state index in [1.165, 1.54) is 0 Å². The van der Waals surface area contributed by atoms with Crippen molar-refractivity contribution in [2.75, 3.05) is 0 Å². The summed E-state index contributed by atoms with van der Waals surface area (Å²) in [5, 5.41) is 1.16. The van der Waals surface area contributed by atoms with Crippen LogP contribution in [0.15, 0.2) is 11.3 Å². The van der Waals surface area contributed by atoms with Crippen LogP contribution in [0.2, 0.25) is 19.6 Å². The minimum absolute atomic E-state index is 0.261. The topological polar surface area (TPSA) is 17.1 Å². The molecule has 0 saturated carbocycles. The molecule has 0 aromatic rings. The molecule has 0 amide bonds. The first kappa shape index (κ1) is 8.72. The molecular formula is C9H16OSi. The van der Waals surface area contributed by atoms with Crippen molar-refractivity contribution in [2.24, 2.45) is 5.92 Å². The molecule has 1 aliphatic carbocycles. The van der Waals surface area contributed by atoms with Crippen LogP contribution in [0.1, 0.15) is 13.3 Å². The van der Waals surface area contributed by atoms with Crippen LogP contribution in [0, 0.1) is 5.92 Å². The number of hydrogen-bond acceptors (Lipinski definition) is 1. The van der Waals surface area contributed by atoms with Gasteiger partial charge < -0.3 is 0 Å². The number of carbonyl (C=O) groups excluding carboxylic acids is 1. The Bertz CT molecular complexity index is 210. The smallest absolute Gasteiger partial charge is 0.157 e. The molecule has 0 heterocycles. The number of ketones is 1. The van der Waals surface area contributed by atoms with Crippen LogP contribution < -0.4 is 0 Å². The maximum Gasteiger partial charge on any atom is 0.157 e. The fourth-order valence-electron chi connectivity index (χ4n) is 1.44. The molecule has 0 N–H and O–H groups in total. The van der Waals surface area contributed by atoms with Crippen LogP contribution in [0.3, 0.4) is 0 Å². The molecule has 1 atom stereocenters. The summed E-state index contributed by atoms with van der Waals surface area (Å²) in [6, 6.07) is 0. The van der Waals surface area contributed by atoms with E-state index in [-0.39, 0.29) is 5.92 Å². The van der Waals surface area contributed by atoms with Crippen molar-refractivity contribution in [2.45, 2.75) is 33.0 Å². The van der Waals surface area contributed by atoms with Crippen molar-refractivity contribution in [3.63, 3.8) is 0 Å². The first-order chi connectivity index (χ1) is 4.93. The minimum Gasteiger partial charge on any atom is -0.295 e. The van der Waals surface area contributed by atoms with E-state index >= 15 is 0 Å². The minimum atomic E-state index is -1.32. The standard InChI is InChI=1S/C9H16OSi/c1-7-5-6-8(9(7)10)11(2,3)4/h6-7H,5H2,1-4H3. The fraction of sp³-hybridized carbons (Fsp3) is 0.667. The molecule has 1 nitrogen and oxygen atoms in total. The van der Waals surface area contributed by atoms with Gasteiger partial charge in [0.1, 0.15) is 0 Å². The predicted molar refractivity (Wildman–Crippen MR) is 50.2 cm³/mol. The van der Waals surface area contributed by atoms with Crippen molar-refractivity contribution in [3.05, 3.63) is 11.3 Å². The van der Waals surface area contributed by atoms with E-state index in [2.05, 4.69) is 25.7 Å². The Hall–Kier alpha value is -0.373. The summed E-state index contributed by atoms with van der Waals surface area (Å²) in [5.74, 6) is 0.667. The molecule has 0 aromatic carbocycles. The lowest BCUT2D eigenvalue weighted by atomic mass is 10.1. The third-order valence-corrected chi connectivity index (χ3v) is 4.26. The van der Waals surface area contributed by atoms with Gasteiger partial charge in [-0.2, -0.15) is 0 Å².